The summed E-state index contributed by atoms with van der Waals surface area (Å²) >= 11 is 10.1. The molecule has 4 heterocycles. The molecule has 0 aliphatic carbocycles. The van der Waals surface area contributed by atoms with Gasteiger partial charge >= 0.3 is 139 Å². The van der Waals surface area contributed by atoms with Gasteiger partial charge < -0.3 is 0 Å². The molecule has 0 aromatic heterocycles. The molecule has 0 fully saturated rings. The summed E-state index contributed by atoms with van der Waals surface area (Å²) in [4.78, 5) is 3.45. The van der Waals surface area contributed by atoms with Crippen molar-refractivity contribution < 1.29 is 0 Å². The Morgan fingerprint density at radius 2 is 1.17 bits per heavy atom. The van der Waals surface area contributed by atoms with Crippen LogP contribution in [-0.4, -0.2) is 29.9 Å². The van der Waals surface area contributed by atoms with Crippen molar-refractivity contribution in [1.29, 1.82) is 0 Å². The van der Waals surface area contributed by atoms with E-state index in [1.807, 2.05) is 0 Å². The van der Waals surface area contributed by atoms with E-state index in [0.29, 0.717) is 0 Å². The second-order valence-corrected chi connectivity index (χ2v) is 14.9. The third-order valence-electron chi connectivity index (χ3n) is 2.99. The van der Waals surface area contributed by atoms with E-state index in [1.54, 1.807) is 25.9 Å². The summed E-state index contributed by atoms with van der Waals surface area (Å²) in [6.07, 6.45) is 5.59. The van der Waals surface area contributed by atoms with Crippen molar-refractivity contribution >= 4 is 77.0 Å². The van der Waals surface area contributed by atoms with Crippen LogP contribution >= 0.6 is 47.0 Å². The number of allylic oxidation sites excluding steroid dienone is 2. The molecule has 4 aliphatic heterocycles. The molecule has 0 spiro atoms. The first-order valence-electron chi connectivity index (χ1n) is 6.08. The standard InChI is InChI=1S/C12H12S4Se2/c1-3-7-11(17-5-1)15-9(13-7)10-14-8-4-2-6-18-12(8)16-10/h1-6H2/b10-9-. The van der Waals surface area contributed by atoms with Gasteiger partial charge in [0.25, 0.3) is 0 Å². The molecule has 0 unspecified atom stereocenters. The number of hydrogen-bond donors (Lipinski definition) is 0. The van der Waals surface area contributed by atoms with Crippen LogP contribution in [0.2, 0.25) is 10.6 Å². The summed E-state index contributed by atoms with van der Waals surface area (Å²) < 4.78 is 6.78. The van der Waals surface area contributed by atoms with Crippen molar-refractivity contribution in [1.82, 2.24) is 0 Å². The maximum atomic E-state index is 2.13. The molecule has 0 atom stereocenters. The van der Waals surface area contributed by atoms with Gasteiger partial charge in [0, 0.05) is 0 Å². The molecule has 0 saturated heterocycles. The van der Waals surface area contributed by atoms with Gasteiger partial charge in [-0.3, -0.25) is 0 Å². The molecule has 18 heavy (non-hydrogen) atoms. The van der Waals surface area contributed by atoms with E-state index in [9.17, 15) is 0 Å². The van der Waals surface area contributed by atoms with Crippen LogP contribution in [0.1, 0.15) is 25.7 Å². The fourth-order valence-corrected chi connectivity index (χ4v) is 15.0. The van der Waals surface area contributed by atoms with Crippen LogP contribution in [0.4, 0.5) is 0 Å². The molecule has 96 valence electrons. The Bertz CT molecular complexity index is 408. The monoisotopic (exact) mass is 444 g/mol. The van der Waals surface area contributed by atoms with Gasteiger partial charge in [-0.05, 0) is 0 Å². The zero-order valence-corrected chi connectivity index (χ0v) is 16.4. The molecular weight excluding hydrogens is 430 g/mol. The van der Waals surface area contributed by atoms with E-state index in [2.05, 4.69) is 47.0 Å². The number of thioether (sulfide) groups is 4. The molecule has 0 aromatic carbocycles. The Morgan fingerprint density at radius 1 is 0.667 bits per heavy atom. The Labute approximate surface area is 138 Å². The first kappa shape index (κ1) is 13.3. The first-order valence-corrected chi connectivity index (χ1v) is 13.5. The normalized spacial score (nSPS) is 32.0. The van der Waals surface area contributed by atoms with Gasteiger partial charge in [-0.15, -0.1) is 0 Å². The van der Waals surface area contributed by atoms with Crippen LogP contribution in [0.5, 0.6) is 0 Å². The Morgan fingerprint density at radius 3 is 1.61 bits per heavy atom. The zero-order valence-electron chi connectivity index (χ0n) is 9.69. The second kappa shape index (κ2) is 5.81. The molecular formula is C12H12S4Se2. The van der Waals surface area contributed by atoms with Crippen LogP contribution in [0, 0.1) is 0 Å². The predicted octanol–water partition coefficient (Wildman–Crippen LogP) is 5.24. The molecule has 6 heteroatoms. The fraction of sp³-hybridized carbons (Fsp3) is 0.500. The first-order chi connectivity index (χ1) is 8.90. The second-order valence-electron chi connectivity index (χ2n) is 4.31. The average molecular weight is 442 g/mol. The third-order valence-corrected chi connectivity index (χ3v) is 15.6. The average Bonchev–Trinajstić information content (AvgIpc) is 3.02. The summed E-state index contributed by atoms with van der Waals surface area (Å²) in [5, 5.41) is 2.94. The summed E-state index contributed by atoms with van der Waals surface area (Å²) in [7, 11) is 0. The third kappa shape index (κ3) is 2.57. The van der Waals surface area contributed by atoms with Gasteiger partial charge in [-0.25, -0.2) is 0 Å². The summed E-state index contributed by atoms with van der Waals surface area (Å²) in [6.45, 7) is 0. The van der Waals surface area contributed by atoms with E-state index >= 15 is 0 Å². The van der Waals surface area contributed by atoms with Gasteiger partial charge in [-0.2, -0.15) is 0 Å². The van der Waals surface area contributed by atoms with E-state index in [-0.39, 0.29) is 0 Å². The van der Waals surface area contributed by atoms with Crippen LogP contribution in [0.3, 0.4) is 0 Å². The molecule has 4 rings (SSSR count). The predicted molar refractivity (Wildman–Crippen MR) is 91.0 cm³/mol. The summed E-state index contributed by atoms with van der Waals surface area (Å²) in [6, 6.07) is 0. The SMILES string of the molecule is C1C[Se]C2=C(C1)S/C(=C1\SC3=C(S1)[Se]CCC3)S2. The molecule has 0 saturated carbocycles. The van der Waals surface area contributed by atoms with Crippen molar-refractivity contribution in [2.75, 3.05) is 0 Å². The topological polar surface area (TPSA) is 0 Å². The Hall–Kier alpha value is 1.66. The summed E-state index contributed by atoms with van der Waals surface area (Å²) in [5.74, 6) is 0. The minimum absolute atomic E-state index is 0.790. The molecule has 4 aliphatic rings. The van der Waals surface area contributed by atoms with Gasteiger partial charge in [-0.1, -0.05) is 0 Å². The maximum absolute atomic E-state index is 2.13. The quantitative estimate of drug-likeness (QED) is 0.470. The fourth-order valence-electron chi connectivity index (χ4n) is 2.12. The van der Waals surface area contributed by atoms with Crippen LogP contribution in [-0.2, 0) is 0 Å². The van der Waals surface area contributed by atoms with Gasteiger partial charge in [0.15, 0.2) is 0 Å². The van der Waals surface area contributed by atoms with E-state index in [1.165, 1.54) is 36.3 Å². The molecule has 0 radical (unpaired) electrons. The van der Waals surface area contributed by atoms with E-state index in [0.717, 1.165) is 29.9 Å². The van der Waals surface area contributed by atoms with Crippen molar-refractivity contribution in [3.05, 3.63) is 25.9 Å². The number of hydrogen-bond acceptors (Lipinski definition) is 4. The van der Waals surface area contributed by atoms with Gasteiger partial charge in [0.2, 0.25) is 0 Å². The van der Waals surface area contributed by atoms with Gasteiger partial charge in [0.05, 0.1) is 0 Å². The molecule has 0 bridgehead atoms. The van der Waals surface area contributed by atoms with Crippen LogP contribution < -0.4 is 0 Å². The van der Waals surface area contributed by atoms with E-state index in [4.69, 9.17) is 0 Å². The number of rotatable bonds is 0. The minimum atomic E-state index is 0.790. The van der Waals surface area contributed by atoms with Crippen LogP contribution in [0.15, 0.2) is 25.9 Å². The molecule has 0 N–H and O–H groups in total. The van der Waals surface area contributed by atoms with E-state index < -0.39 is 0 Å². The Kier molecular flexibility index (Phi) is 4.30. The van der Waals surface area contributed by atoms with Crippen molar-refractivity contribution in [2.24, 2.45) is 0 Å². The van der Waals surface area contributed by atoms with Crippen molar-refractivity contribution in [3.63, 3.8) is 0 Å². The molecule has 0 amide bonds. The Balaban J connectivity index is 1.54. The van der Waals surface area contributed by atoms with Crippen molar-refractivity contribution in [3.8, 4) is 0 Å². The van der Waals surface area contributed by atoms with Crippen molar-refractivity contribution in [2.45, 2.75) is 36.3 Å². The van der Waals surface area contributed by atoms with Gasteiger partial charge in [0.1, 0.15) is 0 Å². The molecule has 0 nitrogen and oxygen atoms in total. The zero-order chi connectivity index (χ0) is 11.9. The van der Waals surface area contributed by atoms with Crippen LogP contribution in [0.25, 0.3) is 0 Å². The molecule has 0 aromatic rings. The summed E-state index contributed by atoms with van der Waals surface area (Å²) in [5.41, 5.74) is 0.